The molecule has 0 spiro atoms. The van der Waals surface area contributed by atoms with E-state index in [0.717, 1.165) is 11.3 Å². The maximum absolute atomic E-state index is 12.6. The molecule has 1 amide bonds. The molecule has 1 saturated heterocycles. The second-order valence-corrected chi connectivity index (χ2v) is 9.14. The Balaban J connectivity index is 1.54. The van der Waals surface area contributed by atoms with Gasteiger partial charge in [0.15, 0.2) is 0 Å². The Labute approximate surface area is 164 Å². The largest absolute Gasteiger partial charge is 0.340 e. The zero-order valence-electron chi connectivity index (χ0n) is 15.2. The van der Waals surface area contributed by atoms with Crippen molar-refractivity contribution < 1.29 is 13.2 Å². The molecule has 0 radical (unpaired) electrons. The lowest BCUT2D eigenvalue weighted by Crippen LogP contribution is -2.42. The summed E-state index contributed by atoms with van der Waals surface area (Å²) >= 11 is 1.51. The van der Waals surface area contributed by atoms with Gasteiger partial charge in [-0.1, -0.05) is 30.3 Å². The number of thiazole rings is 1. The van der Waals surface area contributed by atoms with Gasteiger partial charge < -0.3 is 4.90 Å². The first-order valence-corrected chi connectivity index (χ1v) is 11.3. The lowest BCUT2D eigenvalue weighted by Gasteiger charge is -2.31. The predicted molar refractivity (Wildman–Crippen MR) is 107 cm³/mol. The normalized spacial score (nSPS) is 16.6. The number of hydrogen-bond acceptors (Lipinski definition) is 5. The minimum absolute atomic E-state index is 0.0554. The van der Waals surface area contributed by atoms with Crippen LogP contribution >= 0.6 is 11.3 Å². The summed E-state index contributed by atoms with van der Waals surface area (Å²) in [6.07, 6.45) is 2.69. The number of nitrogens with zero attached hydrogens (tertiary/aromatic N) is 3. The number of sulfonamides is 1. The summed E-state index contributed by atoms with van der Waals surface area (Å²) < 4.78 is 26.5. The summed E-state index contributed by atoms with van der Waals surface area (Å²) in [5, 5.41) is 3.18. The fraction of sp³-hybridized carbons (Fsp3) is 0.368. The number of aromatic nitrogens is 1. The Morgan fingerprint density at radius 3 is 2.63 bits per heavy atom. The van der Waals surface area contributed by atoms with E-state index in [2.05, 4.69) is 4.98 Å². The maximum Gasteiger partial charge on any atom is 0.236 e. The van der Waals surface area contributed by atoms with E-state index in [4.69, 9.17) is 0 Å². The highest BCUT2D eigenvalue weighted by atomic mass is 32.2. The van der Waals surface area contributed by atoms with Gasteiger partial charge in [-0.25, -0.2) is 13.4 Å². The second kappa shape index (κ2) is 8.77. The zero-order chi connectivity index (χ0) is 19.3. The summed E-state index contributed by atoms with van der Waals surface area (Å²) in [4.78, 5) is 18.5. The van der Waals surface area contributed by atoms with Crippen molar-refractivity contribution in [1.29, 1.82) is 0 Å². The molecule has 1 aromatic heterocycles. The van der Waals surface area contributed by atoms with Gasteiger partial charge in [-0.2, -0.15) is 4.31 Å². The number of carbonyl (C=O) groups excluding carboxylic acids is 1. The number of rotatable bonds is 6. The van der Waals surface area contributed by atoms with E-state index in [1.165, 1.54) is 21.1 Å². The number of carbonyl (C=O) groups is 1. The molecule has 6 nitrogen and oxygen atoms in total. The van der Waals surface area contributed by atoms with Crippen molar-refractivity contribution in [2.45, 2.75) is 19.4 Å². The molecular weight excluding hydrogens is 382 g/mol. The molecule has 0 saturated carbocycles. The van der Waals surface area contributed by atoms with E-state index in [1.54, 1.807) is 23.5 Å². The van der Waals surface area contributed by atoms with E-state index < -0.39 is 10.0 Å². The molecule has 1 aliphatic rings. The second-order valence-electron chi connectivity index (χ2n) is 6.61. The molecule has 27 heavy (non-hydrogen) atoms. The van der Waals surface area contributed by atoms with Gasteiger partial charge in [0, 0.05) is 36.8 Å². The molecule has 0 atom stereocenters. The van der Waals surface area contributed by atoms with Gasteiger partial charge in [0.1, 0.15) is 0 Å². The minimum atomic E-state index is -3.47. The monoisotopic (exact) mass is 405 g/mol. The molecule has 1 aromatic carbocycles. The lowest BCUT2D eigenvalue weighted by atomic mass is 9.96. The quantitative estimate of drug-likeness (QED) is 0.741. The minimum Gasteiger partial charge on any atom is -0.340 e. The first-order valence-electron chi connectivity index (χ1n) is 8.81. The van der Waals surface area contributed by atoms with Crippen molar-refractivity contribution in [2.24, 2.45) is 5.92 Å². The SMILES string of the molecule is CN(Cc1cscn1)C(=O)C1CCN(S(=O)(=O)C=Cc2ccccc2)CC1. The van der Waals surface area contributed by atoms with Crippen LogP contribution in [0, 0.1) is 5.92 Å². The molecule has 1 fully saturated rings. The topological polar surface area (TPSA) is 70.6 Å². The summed E-state index contributed by atoms with van der Waals surface area (Å²) in [7, 11) is -1.70. The van der Waals surface area contributed by atoms with Crippen LogP contribution in [0.3, 0.4) is 0 Å². The summed E-state index contributed by atoms with van der Waals surface area (Å²) in [6.45, 7) is 1.21. The third-order valence-corrected chi connectivity index (χ3v) is 6.85. The Kier molecular flexibility index (Phi) is 6.41. The van der Waals surface area contributed by atoms with Gasteiger partial charge in [-0.15, -0.1) is 11.3 Å². The van der Waals surface area contributed by atoms with Crippen LogP contribution in [0.25, 0.3) is 6.08 Å². The van der Waals surface area contributed by atoms with Crippen molar-refractivity contribution in [3.8, 4) is 0 Å². The highest BCUT2D eigenvalue weighted by Gasteiger charge is 2.31. The highest BCUT2D eigenvalue weighted by Crippen LogP contribution is 2.23. The van der Waals surface area contributed by atoms with E-state index in [-0.39, 0.29) is 11.8 Å². The van der Waals surface area contributed by atoms with Crippen molar-refractivity contribution in [3.05, 3.63) is 57.9 Å². The van der Waals surface area contributed by atoms with Crippen LogP contribution in [0.15, 0.2) is 46.6 Å². The smallest absolute Gasteiger partial charge is 0.236 e. The summed E-state index contributed by atoms with van der Waals surface area (Å²) in [5.41, 5.74) is 3.47. The van der Waals surface area contributed by atoms with Crippen LogP contribution in [0.4, 0.5) is 0 Å². The molecule has 1 aliphatic heterocycles. The molecule has 0 aliphatic carbocycles. The van der Waals surface area contributed by atoms with Crippen molar-refractivity contribution in [2.75, 3.05) is 20.1 Å². The van der Waals surface area contributed by atoms with Gasteiger partial charge in [0.25, 0.3) is 0 Å². The molecule has 0 bridgehead atoms. The Bertz CT molecular complexity index is 872. The Morgan fingerprint density at radius 1 is 1.30 bits per heavy atom. The van der Waals surface area contributed by atoms with Gasteiger partial charge in [0.05, 0.1) is 17.7 Å². The average molecular weight is 406 g/mol. The Morgan fingerprint density at radius 2 is 2.00 bits per heavy atom. The van der Waals surface area contributed by atoms with Crippen LogP contribution in [-0.2, 0) is 21.4 Å². The molecule has 0 N–H and O–H groups in total. The van der Waals surface area contributed by atoms with Crippen molar-refractivity contribution in [3.63, 3.8) is 0 Å². The molecule has 144 valence electrons. The van der Waals surface area contributed by atoms with Gasteiger partial charge >= 0.3 is 0 Å². The van der Waals surface area contributed by atoms with Gasteiger partial charge in [-0.3, -0.25) is 4.79 Å². The number of amides is 1. The molecule has 2 heterocycles. The fourth-order valence-corrected chi connectivity index (χ4v) is 4.89. The fourth-order valence-electron chi connectivity index (χ4n) is 3.12. The average Bonchev–Trinajstić information content (AvgIpc) is 3.20. The van der Waals surface area contributed by atoms with Crippen LogP contribution in [0.1, 0.15) is 24.1 Å². The van der Waals surface area contributed by atoms with Crippen LogP contribution in [0.5, 0.6) is 0 Å². The molecule has 2 aromatic rings. The van der Waals surface area contributed by atoms with Crippen LogP contribution < -0.4 is 0 Å². The molecule has 8 heteroatoms. The molecule has 3 rings (SSSR count). The number of benzene rings is 1. The van der Waals surface area contributed by atoms with Gasteiger partial charge in [-0.05, 0) is 24.5 Å². The zero-order valence-corrected chi connectivity index (χ0v) is 16.8. The van der Waals surface area contributed by atoms with E-state index in [9.17, 15) is 13.2 Å². The molecular formula is C19H23N3O3S2. The first kappa shape index (κ1) is 19.7. The van der Waals surface area contributed by atoms with E-state index in [0.29, 0.717) is 32.5 Å². The third-order valence-electron chi connectivity index (χ3n) is 4.65. The van der Waals surface area contributed by atoms with Crippen molar-refractivity contribution in [1.82, 2.24) is 14.2 Å². The predicted octanol–water partition coefficient (Wildman–Crippen LogP) is 2.81. The van der Waals surface area contributed by atoms with Crippen molar-refractivity contribution >= 4 is 33.3 Å². The standard InChI is InChI=1S/C19H23N3O3S2/c1-21(13-18-14-26-15-20-18)19(23)17-7-10-22(11-8-17)27(24,25)12-9-16-5-3-2-4-6-16/h2-6,9,12,14-15,17H,7-8,10-11,13H2,1H3. The number of hydrogen-bond donors (Lipinski definition) is 0. The lowest BCUT2D eigenvalue weighted by molar-refractivity contribution is -0.136. The summed E-state index contributed by atoms with van der Waals surface area (Å²) in [6, 6.07) is 9.33. The summed E-state index contributed by atoms with van der Waals surface area (Å²) in [5.74, 6) is -0.0851. The van der Waals surface area contributed by atoms with Gasteiger partial charge in [0.2, 0.25) is 15.9 Å². The Hall–Kier alpha value is -2.03. The van der Waals surface area contributed by atoms with Crippen LogP contribution in [0.2, 0.25) is 0 Å². The third kappa shape index (κ3) is 5.24. The maximum atomic E-state index is 12.6. The number of piperidine rings is 1. The van der Waals surface area contributed by atoms with Crippen LogP contribution in [-0.4, -0.2) is 48.7 Å². The van der Waals surface area contributed by atoms with E-state index >= 15 is 0 Å². The first-order chi connectivity index (χ1) is 13.0. The molecule has 0 unspecified atom stereocenters. The highest BCUT2D eigenvalue weighted by molar-refractivity contribution is 7.92. The van der Waals surface area contributed by atoms with E-state index in [1.807, 2.05) is 35.7 Å².